The van der Waals surface area contributed by atoms with Gasteiger partial charge in [0, 0.05) is 19.3 Å². The number of rotatable bonds is 0. The summed E-state index contributed by atoms with van der Waals surface area (Å²) in [5.74, 6) is 2.54. The van der Waals surface area contributed by atoms with Gasteiger partial charge in [0.2, 0.25) is 0 Å². The molecule has 2 aliphatic heterocycles. The zero-order valence-corrected chi connectivity index (χ0v) is 23.5. The maximum absolute atomic E-state index is 5.68. The minimum Gasteiger partial charge on any atom is -0.378 e. The molecule has 31 heavy (non-hydrogen) atoms. The van der Waals surface area contributed by atoms with Gasteiger partial charge in [-0.25, -0.2) is 0 Å². The number of likely N-dealkylation sites (tertiary alicyclic amines) is 1. The van der Waals surface area contributed by atoms with Crippen molar-refractivity contribution < 1.29 is 4.74 Å². The molecule has 0 aromatic carbocycles. The van der Waals surface area contributed by atoms with Crippen LogP contribution in [0.1, 0.15) is 115 Å². The molecule has 184 valence electrons. The number of allylic oxidation sites excluding steroid dienone is 1. The molecule has 2 heterocycles. The predicted molar refractivity (Wildman–Crippen MR) is 138 cm³/mol. The van der Waals surface area contributed by atoms with E-state index in [4.69, 9.17) is 4.74 Å². The summed E-state index contributed by atoms with van der Waals surface area (Å²) in [5, 5.41) is 0. The Kier molecular flexibility index (Phi) is 9.77. The molecule has 2 nitrogen and oxygen atoms in total. The summed E-state index contributed by atoms with van der Waals surface area (Å²) in [6, 6.07) is 0. The quantitative estimate of drug-likeness (QED) is 0.378. The van der Waals surface area contributed by atoms with E-state index in [1.165, 1.54) is 50.8 Å². The molecule has 3 aliphatic rings. The lowest BCUT2D eigenvalue weighted by atomic mass is 9.78. The molecule has 2 saturated heterocycles. The van der Waals surface area contributed by atoms with Gasteiger partial charge >= 0.3 is 0 Å². The van der Waals surface area contributed by atoms with Gasteiger partial charge in [0.05, 0.1) is 12.2 Å². The van der Waals surface area contributed by atoms with Crippen LogP contribution in [0.2, 0.25) is 0 Å². The molecule has 0 aromatic heterocycles. The van der Waals surface area contributed by atoms with Gasteiger partial charge in [-0.15, -0.1) is 0 Å². The first kappa shape index (κ1) is 28.5. The maximum Gasteiger partial charge on any atom is 0.0630 e. The second kappa shape index (κ2) is 10.6. The van der Waals surface area contributed by atoms with Gasteiger partial charge in [0.1, 0.15) is 0 Å². The number of hydrogen-bond acceptors (Lipinski definition) is 2. The number of hydrogen-bond donors (Lipinski definition) is 0. The van der Waals surface area contributed by atoms with E-state index in [1.807, 2.05) is 0 Å². The van der Waals surface area contributed by atoms with Crippen LogP contribution >= 0.6 is 0 Å². The largest absolute Gasteiger partial charge is 0.378 e. The highest BCUT2D eigenvalue weighted by atomic mass is 16.5. The van der Waals surface area contributed by atoms with Crippen LogP contribution in [0.3, 0.4) is 0 Å². The molecule has 2 atom stereocenters. The Morgan fingerprint density at radius 3 is 1.45 bits per heavy atom. The Hall–Kier alpha value is -0.500. The number of nitrogens with zero attached hydrogens (tertiary/aromatic N) is 1. The summed E-state index contributed by atoms with van der Waals surface area (Å²) >= 11 is 0. The van der Waals surface area contributed by atoms with E-state index < -0.39 is 0 Å². The summed E-state index contributed by atoms with van der Waals surface area (Å²) < 4.78 is 5.68. The molecule has 3 fully saturated rings. The predicted octanol–water partition coefficient (Wildman–Crippen LogP) is 8.57. The van der Waals surface area contributed by atoms with Crippen molar-refractivity contribution in [3.63, 3.8) is 0 Å². The van der Waals surface area contributed by atoms with E-state index in [-0.39, 0.29) is 5.60 Å². The van der Waals surface area contributed by atoms with Crippen molar-refractivity contribution in [3.8, 4) is 0 Å². The van der Waals surface area contributed by atoms with Gasteiger partial charge < -0.3 is 9.64 Å². The zero-order chi connectivity index (χ0) is 24.3. The van der Waals surface area contributed by atoms with Crippen molar-refractivity contribution in [1.29, 1.82) is 0 Å². The van der Waals surface area contributed by atoms with Crippen molar-refractivity contribution in [3.05, 3.63) is 12.3 Å². The van der Waals surface area contributed by atoms with E-state index >= 15 is 0 Å². The molecular formula is C29H57NO. The second-order valence-electron chi connectivity index (χ2n) is 14.4. The Balaban J connectivity index is 0.000000234. The van der Waals surface area contributed by atoms with Crippen LogP contribution in [0, 0.1) is 34.0 Å². The van der Waals surface area contributed by atoms with Crippen LogP contribution in [-0.4, -0.2) is 30.7 Å². The van der Waals surface area contributed by atoms with E-state index in [1.54, 1.807) is 0 Å². The fourth-order valence-corrected chi connectivity index (χ4v) is 4.93. The molecule has 0 spiro atoms. The lowest BCUT2D eigenvalue weighted by molar-refractivity contribution is 0.0324. The van der Waals surface area contributed by atoms with Crippen molar-refractivity contribution in [2.45, 2.75) is 120 Å². The molecule has 3 rings (SSSR count). The average Bonchev–Trinajstić information content (AvgIpc) is 3.28. The third-order valence-corrected chi connectivity index (χ3v) is 7.96. The number of ether oxygens (including phenoxy) is 1. The third-order valence-electron chi connectivity index (χ3n) is 7.96. The third kappa shape index (κ3) is 9.89. The summed E-state index contributed by atoms with van der Waals surface area (Å²) in [5.41, 5.74) is 2.85. The van der Waals surface area contributed by atoms with Gasteiger partial charge in [-0.05, 0) is 73.5 Å². The molecule has 0 bridgehead atoms. The van der Waals surface area contributed by atoms with Crippen LogP contribution in [0.25, 0.3) is 0 Å². The van der Waals surface area contributed by atoms with Gasteiger partial charge in [-0.2, -0.15) is 0 Å². The van der Waals surface area contributed by atoms with Crippen LogP contribution < -0.4 is 0 Å². The van der Waals surface area contributed by atoms with E-state index in [9.17, 15) is 0 Å². The Morgan fingerprint density at radius 1 is 0.806 bits per heavy atom. The fraction of sp³-hybridized carbons (Fsp3) is 0.931. The monoisotopic (exact) mass is 435 g/mol. The van der Waals surface area contributed by atoms with E-state index in [0.29, 0.717) is 16.2 Å². The van der Waals surface area contributed by atoms with Crippen LogP contribution in [-0.2, 0) is 4.74 Å². The lowest BCUT2D eigenvalue weighted by Crippen LogP contribution is -2.23. The topological polar surface area (TPSA) is 12.5 Å². The second-order valence-corrected chi connectivity index (χ2v) is 14.4. The Bertz CT molecular complexity index is 549. The maximum atomic E-state index is 5.68. The van der Waals surface area contributed by atoms with Gasteiger partial charge in [-0.3, -0.25) is 0 Å². The smallest absolute Gasteiger partial charge is 0.0630 e. The SMILES string of the molecule is C=C1CC(C(C)(C)C)CN1C.CC(C)(C)C1CCCC1.CC1(C)CC(C(C)(C)C)CO1. The van der Waals surface area contributed by atoms with Crippen molar-refractivity contribution in [2.24, 2.45) is 34.0 Å². The minimum absolute atomic E-state index is 0.123. The van der Waals surface area contributed by atoms with Crippen molar-refractivity contribution in [2.75, 3.05) is 20.2 Å². The first-order chi connectivity index (χ1) is 13.8. The average molecular weight is 436 g/mol. The van der Waals surface area contributed by atoms with E-state index in [2.05, 4.69) is 94.7 Å². The molecule has 0 amide bonds. The highest BCUT2D eigenvalue weighted by molar-refractivity contribution is 5.03. The van der Waals surface area contributed by atoms with Gasteiger partial charge in [0.15, 0.2) is 0 Å². The van der Waals surface area contributed by atoms with Crippen molar-refractivity contribution in [1.82, 2.24) is 4.90 Å². The molecule has 2 heteroatoms. The minimum atomic E-state index is 0.123. The molecule has 0 N–H and O–H groups in total. The standard InChI is InChI=1S/C10H19N.C10H20O.C9H18/c1-8-6-9(7-11(8)5)10(2,3)4;1-9(2,3)8-6-10(4,5)11-7-8;1-9(2,3)8-6-4-5-7-8/h9H,1,6-7H2,2-5H3;8H,6-7H2,1-5H3;8H,4-7H2,1-3H3. The molecule has 0 radical (unpaired) electrons. The molecule has 1 aliphatic carbocycles. The summed E-state index contributed by atoms with van der Waals surface area (Å²) in [4.78, 5) is 2.27. The lowest BCUT2D eigenvalue weighted by Gasteiger charge is -2.26. The van der Waals surface area contributed by atoms with E-state index in [0.717, 1.165) is 24.4 Å². The first-order valence-corrected chi connectivity index (χ1v) is 12.9. The van der Waals surface area contributed by atoms with Crippen LogP contribution in [0.5, 0.6) is 0 Å². The summed E-state index contributed by atoms with van der Waals surface area (Å²) in [6.45, 7) is 31.4. The van der Waals surface area contributed by atoms with Crippen LogP contribution in [0.4, 0.5) is 0 Å². The highest BCUT2D eigenvalue weighted by Gasteiger charge is 2.38. The zero-order valence-electron chi connectivity index (χ0n) is 23.5. The molecule has 1 saturated carbocycles. The van der Waals surface area contributed by atoms with Gasteiger partial charge in [0.25, 0.3) is 0 Å². The van der Waals surface area contributed by atoms with Gasteiger partial charge in [-0.1, -0.05) is 81.7 Å². The first-order valence-electron chi connectivity index (χ1n) is 12.9. The highest BCUT2D eigenvalue weighted by Crippen LogP contribution is 2.40. The molecule has 2 unspecified atom stereocenters. The Labute approximate surface area is 196 Å². The summed E-state index contributed by atoms with van der Waals surface area (Å²) in [6.07, 6.45) is 8.29. The normalized spacial score (nSPS) is 27.0. The summed E-state index contributed by atoms with van der Waals surface area (Å²) in [7, 11) is 2.13. The van der Waals surface area contributed by atoms with Crippen molar-refractivity contribution >= 4 is 0 Å². The molecule has 0 aromatic rings. The molecular weight excluding hydrogens is 378 g/mol. The Morgan fingerprint density at radius 2 is 1.26 bits per heavy atom. The van der Waals surface area contributed by atoms with Crippen LogP contribution in [0.15, 0.2) is 12.3 Å². The fourth-order valence-electron chi connectivity index (χ4n) is 4.93.